The van der Waals surface area contributed by atoms with Crippen molar-refractivity contribution in [3.05, 3.63) is 66.1 Å². The molecule has 4 rings (SSSR count). The minimum Gasteiger partial charge on any atom is -0.374 e. The van der Waals surface area contributed by atoms with E-state index in [1.54, 1.807) is 6.20 Å². The van der Waals surface area contributed by atoms with E-state index >= 15 is 0 Å². The topological polar surface area (TPSA) is 46.4 Å². The Labute approximate surface area is 116 Å². The number of benzene rings is 1. The third-order valence-corrected chi connectivity index (χ3v) is 3.77. The summed E-state index contributed by atoms with van der Waals surface area (Å²) in [4.78, 5) is 16.7. The van der Waals surface area contributed by atoms with Crippen LogP contribution >= 0.6 is 0 Å². The first-order valence-electron chi connectivity index (χ1n) is 6.63. The smallest absolute Gasteiger partial charge is 0.167 e. The Balaban J connectivity index is 1.85. The van der Waals surface area contributed by atoms with Crippen LogP contribution in [0.3, 0.4) is 0 Å². The van der Waals surface area contributed by atoms with E-state index in [-0.39, 0.29) is 11.8 Å². The van der Waals surface area contributed by atoms with Gasteiger partial charge in [0.2, 0.25) is 0 Å². The van der Waals surface area contributed by atoms with E-state index in [4.69, 9.17) is 0 Å². The zero-order valence-electron chi connectivity index (χ0n) is 10.8. The first kappa shape index (κ1) is 11.2. The highest BCUT2D eigenvalue weighted by Gasteiger charge is 2.27. The number of rotatable bonds is 1. The van der Waals surface area contributed by atoms with E-state index < -0.39 is 0 Å². The van der Waals surface area contributed by atoms with E-state index in [0.717, 1.165) is 22.5 Å². The maximum atomic E-state index is 12.4. The molecule has 3 heterocycles. The van der Waals surface area contributed by atoms with Crippen LogP contribution < -0.4 is 5.32 Å². The molecule has 0 saturated carbocycles. The second kappa shape index (κ2) is 4.20. The number of Topliss-reactive ketones (excluding diaryl/α,β-unsaturated/α-hetero) is 1. The van der Waals surface area contributed by atoms with Crippen molar-refractivity contribution in [2.45, 2.75) is 12.5 Å². The number of fused-ring (bicyclic) bond motifs is 3. The lowest BCUT2D eigenvalue weighted by atomic mass is 9.93. The molecule has 20 heavy (non-hydrogen) atoms. The van der Waals surface area contributed by atoms with Gasteiger partial charge in [0, 0.05) is 30.6 Å². The van der Waals surface area contributed by atoms with Crippen LogP contribution in [0.15, 0.2) is 55.0 Å². The average Bonchev–Trinajstić information content (AvgIpc) is 2.97. The molecule has 1 N–H and O–H groups in total. The summed E-state index contributed by atoms with van der Waals surface area (Å²) < 4.78 is 1.92. The number of ketones is 1. The van der Waals surface area contributed by atoms with Crippen LogP contribution in [0.2, 0.25) is 0 Å². The number of pyridine rings is 1. The molecule has 1 unspecified atom stereocenters. The minimum absolute atomic E-state index is 0.0131. The van der Waals surface area contributed by atoms with Gasteiger partial charge in [-0.3, -0.25) is 4.79 Å². The molecule has 0 aliphatic carbocycles. The van der Waals surface area contributed by atoms with Gasteiger partial charge in [-0.2, -0.15) is 0 Å². The number of aromatic nitrogens is 2. The number of hydrogen-bond donors (Lipinski definition) is 1. The molecule has 1 aromatic carbocycles. The van der Waals surface area contributed by atoms with Gasteiger partial charge in [0.05, 0.1) is 11.7 Å². The maximum Gasteiger partial charge on any atom is 0.167 e. The lowest BCUT2D eigenvalue weighted by Crippen LogP contribution is -2.23. The van der Waals surface area contributed by atoms with Crippen molar-refractivity contribution >= 4 is 17.1 Å². The molecular formula is C16H13N3O. The van der Waals surface area contributed by atoms with Gasteiger partial charge in [-0.05, 0) is 11.6 Å². The highest BCUT2D eigenvalue weighted by Crippen LogP contribution is 2.34. The Morgan fingerprint density at radius 3 is 2.85 bits per heavy atom. The highest BCUT2D eigenvalue weighted by molar-refractivity contribution is 6.06. The maximum absolute atomic E-state index is 12.4. The quantitative estimate of drug-likeness (QED) is 0.734. The molecular weight excluding hydrogens is 250 g/mol. The molecule has 0 spiro atoms. The van der Waals surface area contributed by atoms with Crippen molar-refractivity contribution in [3.8, 4) is 0 Å². The van der Waals surface area contributed by atoms with Gasteiger partial charge >= 0.3 is 0 Å². The van der Waals surface area contributed by atoms with Crippen molar-refractivity contribution in [1.82, 2.24) is 9.38 Å². The predicted molar refractivity (Wildman–Crippen MR) is 76.9 cm³/mol. The van der Waals surface area contributed by atoms with Crippen LogP contribution in [-0.2, 0) is 0 Å². The molecule has 3 aromatic rings. The molecule has 0 fully saturated rings. The molecule has 4 heteroatoms. The monoisotopic (exact) mass is 263 g/mol. The second-order valence-corrected chi connectivity index (χ2v) is 5.00. The lowest BCUT2D eigenvalue weighted by Gasteiger charge is -2.26. The van der Waals surface area contributed by atoms with Gasteiger partial charge in [0.1, 0.15) is 0 Å². The highest BCUT2D eigenvalue weighted by atomic mass is 16.1. The van der Waals surface area contributed by atoms with E-state index in [9.17, 15) is 4.79 Å². The number of anilines is 1. The Kier molecular flexibility index (Phi) is 2.36. The number of imidazole rings is 1. The van der Waals surface area contributed by atoms with Crippen LogP contribution in [-0.4, -0.2) is 15.2 Å². The molecule has 1 aliphatic heterocycles. The zero-order chi connectivity index (χ0) is 13.5. The molecule has 0 bridgehead atoms. The normalized spacial score (nSPS) is 17.8. The molecule has 0 saturated heterocycles. The van der Waals surface area contributed by atoms with Crippen molar-refractivity contribution < 1.29 is 4.79 Å². The summed E-state index contributed by atoms with van der Waals surface area (Å²) in [5.74, 6) is 0.165. The number of carbonyl (C=O) groups excluding carboxylic acids is 1. The van der Waals surface area contributed by atoms with Crippen molar-refractivity contribution in [2.24, 2.45) is 0 Å². The van der Waals surface area contributed by atoms with E-state index in [2.05, 4.69) is 10.3 Å². The fourth-order valence-electron chi connectivity index (χ4n) is 2.77. The number of carbonyl (C=O) groups is 1. The SMILES string of the molecule is O=C1CC(c2ccccc2)Nc2c1ccn1ccnc21. The summed E-state index contributed by atoms with van der Waals surface area (Å²) in [5.41, 5.74) is 3.50. The summed E-state index contributed by atoms with van der Waals surface area (Å²) in [6, 6.07) is 11.9. The zero-order valence-corrected chi connectivity index (χ0v) is 10.8. The lowest BCUT2D eigenvalue weighted by molar-refractivity contribution is 0.0972. The molecule has 0 amide bonds. The van der Waals surface area contributed by atoms with Crippen molar-refractivity contribution in [2.75, 3.05) is 5.32 Å². The van der Waals surface area contributed by atoms with Gasteiger partial charge in [-0.1, -0.05) is 30.3 Å². The van der Waals surface area contributed by atoms with E-state index in [1.165, 1.54) is 0 Å². The molecule has 1 aliphatic rings. The number of nitrogens with zero attached hydrogens (tertiary/aromatic N) is 2. The largest absolute Gasteiger partial charge is 0.374 e. The third-order valence-electron chi connectivity index (χ3n) is 3.77. The van der Waals surface area contributed by atoms with Crippen LogP contribution in [0.25, 0.3) is 5.65 Å². The van der Waals surface area contributed by atoms with Crippen LogP contribution in [0.1, 0.15) is 28.4 Å². The Morgan fingerprint density at radius 2 is 2.00 bits per heavy atom. The fraction of sp³-hybridized carbons (Fsp3) is 0.125. The predicted octanol–water partition coefficient (Wildman–Crippen LogP) is 3.07. The Morgan fingerprint density at radius 1 is 1.15 bits per heavy atom. The average molecular weight is 263 g/mol. The molecule has 1 atom stereocenters. The summed E-state index contributed by atoms with van der Waals surface area (Å²) >= 11 is 0. The summed E-state index contributed by atoms with van der Waals surface area (Å²) in [6.45, 7) is 0. The third kappa shape index (κ3) is 1.61. The van der Waals surface area contributed by atoms with E-state index in [0.29, 0.717) is 6.42 Å². The van der Waals surface area contributed by atoms with Gasteiger partial charge in [-0.15, -0.1) is 0 Å². The van der Waals surface area contributed by atoms with Gasteiger partial charge in [-0.25, -0.2) is 4.98 Å². The standard InChI is InChI=1S/C16H13N3O/c20-14-10-13(11-4-2-1-3-5-11)18-15-12(14)6-8-19-9-7-17-16(15)19/h1-9,13,18H,10H2. The first-order valence-corrected chi connectivity index (χ1v) is 6.63. The fourth-order valence-corrected chi connectivity index (χ4v) is 2.77. The minimum atomic E-state index is 0.0131. The summed E-state index contributed by atoms with van der Waals surface area (Å²) in [5, 5.41) is 3.47. The van der Waals surface area contributed by atoms with Gasteiger partial charge in [0.25, 0.3) is 0 Å². The molecule has 98 valence electrons. The van der Waals surface area contributed by atoms with Crippen LogP contribution in [0.4, 0.5) is 5.69 Å². The number of hydrogen-bond acceptors (Lipinski definition) is 3. The Bertz CT molecular complexity index is 792. The number of nitrogens with one attached hydrogen (secondary N) is 1. The molecule has 0 radical (unpaired) electrons. The second-order valence-electron chi connectivity index (χ2n) is 5.00. The van der Waals surface area contributed by atoms with E-state index in [1.807, 2.05) is 53.2 Å². The summed E-state index contributed by atoms with van der Waals surface area (Å²) in [6.07, 6.45) is 5.99. The first-order chi connectivity index (χ1) is 9.83. The Hall–Kier alpha value is -2.62. The molecule has 4 nitrogen and oxygen atoms in total. The van der Waals surface area contributed by atoms with Gasteiger partial charge < -0.3 is 9.72 Å². The van der Waals surface area contributed by atoms with Gasteiger partial charge in [0.15, 0.2) is 11.4 Å². The van der Waals surface area contributed by atoms with Crippen molar-refractivity contribution in [3.63, 3.8) is 0 Å². The summed E-state index contributed by atoms with van der Waals surface area (Å²) in [7, 11) is 0. The molecule has 2 aromatic heterocycles. The van der Waals surface area contributed by atoms with Crippen LogP contribution in [0.5, 0.6) is 0 Å². The van der Waals surface area contributed by atoms with Crippen LogP contribution in [0, 0.1) is 0 Å². The van der Waals surface area contributed by atoms with Crippen molar-refractivity contribution in [1.29, 1.82) is 0 Å².